The number of hydrogen-bond acceptors (Lipinski definition) is 5. The van der Waals surface area contributed by atoms with E-state index in [0.29, 0.717) is 19.1 Å². The summed E-state index contributed by atoms with van der Waals surface area (Å²) in [6.45, 7) is 3.37. The van der Waals surface area contributed by atoms with E-state index < -0.39 is 0 Å². The molecular weight excluding hydrogens is 312 g/mol. The fourth-order valence-corrected chi connectivity index (χ4v) is 4.33. The zero-order valence-corrected chi connectivity index (χ0v) is 14.4. The summed E-state index contributed by atoms with van der Waals surface area (Å²) in [7, 11) is 0. The van der Waals surface area contributed by atoms with Crippen LogP contribution in [0.2, 0.25) is 0 Å². The summed E-state index contributed by atoms with van der Waals surface area (Å²) in [6, 6.07) is 0. The summed E-state index contributed by atoms with van der Waals surface area (Å²) in [5.41, 5.74) is 2.75. The van der Waals surface area contributed by atoms with E-state index in [4.69, 9.17) is 9.47 Å². The molecule has 3 fully saturated rings. The van der Waals surface area contributed by atoms with Gasteiger partial charge < -0.3 is 14.8 Å². The van der Waals surface area contributed by atoms with E-state index in [1.165, 1.54) is 11.3 Å². The van der Waals surface area contributed by atoms with Crippen molar-refractivity contribution >= 4 is 17.2 Å². The number of ether oxygens (including phenoxy) is 2. The lowest BCUT2D eigenvalue weighted by atomic mass is 9.86. The van der Waals surface area contributed by atoms with Gasteiger partial charge in [0, 0.05) is 25.3 Å². The van der Waals surface area contributed by atoms with Gasteiger partial charge in [0.25, 0.3) is 5.91 Å². The smallest absolute Gasteiger partial charge is 0.263 e. The maximum absolute atomic E-state index is 12.4. The van der Waals surface area contributed by atoms with Crippen molar-refractivity contribution in [2.45, 2.75) is 63.3 Å². The van der Waals surface area contributed by atoms with Crippen molar-refractivity contribution in [2.75, 3.05) is 13.2 Å². The van der Waals surface area contributed by atoms with Crippen LogP contribution in [0.1, 0.15) is 66.7 Å². The Labute approximate surface area is 140 Å². The van der Waals surface area contributed by atoms with E-state index in [-0.39, 0.29) is 17.8 Å². The van der Waals surface area contributed by atoms with Crippen LogP contribution in [0, 0.1) is 5.92 Å². The van der Waals surface area contributed by atoms with Gasteiger partial charge in [-0.1, -0.05) is 6.92 Å². The molecule has 2 heterocycles. The van der Waals surface area contributed by atoms with E-state index in [2.05, 4.69) is 17.2 Å². The molecular formula is C17H24N2O3S. The molecule has 1 saturated heterocycles. The highest BCUT2D eigenvalue weighted by atomic mass is 32.1. The third-order valence-corrected chi connectivity index (χ3v) is 6.05. The number of carbonyl (C=O) groups is 1. The van der Waals surface area contributed by atoms with Crippen LogP contribution in [0.3, 0.4) is 0 Å². The number of amides is 1. The lowest BCUT2D eigenvalue weighted by Gasteiger charge is -2.34. The van der Waals surface area contributed by atoms with Crippen molar-refractivity contribution in [3.05, 3.63) is 16.1 Å². The molecule has 23 heavy (non-hydrogen) atoms. The Morgan fingerprint density at radius 3 is 2.91 bits per heavy atom. The number of nitrogens with one attached hydrogen (secondary N) is 1. The Balaban J connectivity index is 1.30. The zero-order valence-electron chi connectivity index (χ0n) is 13.5. The predicted molar refractivity (Wildman–Crippen MR) is 87.6 cm³/mol. The molecule has 3 aliphatic rings. The van der Waals surface area contributed by atoms with E-state index >= 15 is 0 Å². The normalized spacial score (nSPS) is 34.0. The third-order valence-electron chi connectivity index (χ3n) is 5.21. The second kappa shape index (κ2) is 6.15. The summed E-state index contributed by atoms with van der Waals surface area (Å²) in [5, 5.41) is 3.01. The van der Waals surface area contributed by atoms with Crippen LogP contribution in [0.25, 0.3) is 0 Å². The second-order valence-corrected chi connectivity index (χ2v) is 8.05. The summed E-state index contributed by atoms with van der Waals surface area (Å²) in [6.07, 6.45) is 6.54. The predicted octanol–water partition coefficient (Wildman–Crippen LogP) is 3.07. The van der Waals surface area contributed by atoms with Crippen molar-refractivity contribution in [1.29, 1.82) is 0 Å². The van der Waals surface area contributed by atoms with Crippen molar-refractivity contribution < 1.29 is 14.3 Å². The average molecular weight is 336 g/mol. The minimum atomic E-state index is -0.383. The molecule has 0 radical (unpaired) electrons. The zero-order chi connectivity index (χ0) is 15.9. The van der Waals surface area contributed by atoms with Gasteiger partial charge in [-0.05, 0) is 31.6 Å². The van der Waals surface area contributed by atoms with E-state index in [9.17, 15) is 4.79 Å². The van der Waals surface area contributed by atoms with Crippen LogP contribution in [0.5, 0.6) is 0 Å². The highest BCUT2D eigenvalue weighted by Crippen LogP contribution is 2.42. The molecule has 0 aromatic carbocycles. The number of aromatic nitrogens is 1. The Morgan fingerprint density at radius 2 is 2.17 bits per heavy atom. The molecule has 1 aliphatic heterocycles. The van der Waals surface area contributed by atoms with E-state index in [0.717, 1.165) is 55.0 Å². The first kappa shape index (κ1) is 15.5. The van der Waals surface area contributed by atoms with Gasteiger partial charge in [0.15, 0.2) is 5.79 Å². The lowest BCUT2D eigenvalue weighted by molar-refractivity contribution is -0.191. The van der Waals surface area contributed by atoms with Crippen LogP contribution in [-0.2, 0) is 9.47 Å². The van der Waals surface area contributed by atoms with Gasteiger partial charge in [-0.15, -0.1) is 11.3 Å². The van der Waals surface area contributed by atoms with Gasteiger partial charge >= 0.3 is 0 Å². The molecule has 6 heteroatoms. The molecule has 126 valence electrons. The van der Waals surface area contributed by atoms with Crippen LogP contribution >= 0.6 is 11.3 Å². The lowest BCUT2D eigenvalue weighted by Crippen LogP contribution is -2.38. The Hall–Kier alpha value is -0.980. The van der Waals surface area contributed by atoms with Crippen molar-refractivity contribution in [2.24, 2.45) is 5.92 Å². The summed E-state index contributed by atoms with van der Waals surface area (Å²) in [4.78, 5) is 17.5. The topological polar surface area (TPSA) is 60.5 Å². The highest BCUT2D eigenvalue weighted by molar-refractivity contribution is 7.11. The number of carbonyl (C=O) groups excluding carboxylic acids is 1. The summed E-state index contributed by atoms with van der Waals surface area (Å²) < 4.78 is 12.1. The van der Waals surface area contributed by atoms with Crippen LogP contribution in [-0.4, -0.2) is 35.9 Å². The summed E-state index contributed by atoms with van der Waals surface area (Å²) in [5.74, 6) is 0.862. The minimum Gasteiger partial charge on any atom is -0.349 e. The molecule has 1 atom stereocenters. The van der Waals surface area contributed by atoms with Crippen molar-refractivity contribution in [1.82, 2.24) is 10.3 Å². The van der Waals surface area contributed by atoms with Crippen molar-refractivity contribution in [3.8, 4) is 0 Å². The maximum atomic E-state index is 12.4. The monoisotopic (exact) mass is 336 g/mol. The van der Waals surface area contributed by atoms with Gasteiger partial charge in [0.05, 0.1) is 17.8 Å². The van der Waals surface area contributed by atoms with E-state index in [1.807, 2.05) is 0 Å². The molecule has 4 rings (SSSR count). The standard InChI is InChI=1S/C17H24N2O3S/c1-11-4-6-17(7-5-11)21-9-13(22-17)8-18-16(20)15-14(12-2-3-12)19-10-23-15/h10-13H,2-9H2,1H3,(H,18,20)/t11?,13-,17?/m0/s1. The number of rotatable bonds is 4. The Bertz CT molecular complexity index is 576. The molecule has 1 spiro atoms. The van der Waals surface area contributed by atoms with Crippen LogP contribution in [0.15, 0.2) is 5.51 Å². The quantitative estimate of drug-likeness (QED) is 0.918. The largest absolute Gasteiger partial charge is 0.349 e. The third kappa shape index (κ3) is 3.30. The SMILES string of the molecule is CC1CCC2(CC1)OC[C@H](CNC(=O)c1scnc1C1CC1)O2. The Kier molecular flexibility index (Phi) is 4.15. The first-order chi connectivity index (χ1) is 11.2. The fourth-order valence-electron chi connectivity index (χ4n) is 3.54. The van der Waals surface area contributed by atoms with Gasteiger partial charge in [0.2, 0.25) is 0 Å². The van der Waals surface area contributed by atoms with Crippen LogP contribution < -0.4 is 5.32 Å². The Morgan fingerprint density at radius 1 is 1.39 bits per heavy atom. The minimum absolute atomic E-state index is 0.0174. The molecule has 0 bridgehead atoms. The summed E-state index contributed by atoms with van der Waals surface area (Å²) >= 11 is 1.44. The molecule has 1 aromatic heterocycles. The van der Waals surface area contributed by atoms with Gasteiger partial charge in [-0.25, -0.2) is 4.98 Å². The van der Waals surface area contributed by atoms with Crippen molar-refractivity contribution in [3.63, 3.8) is 0 Å². The molecule has 1 aromatic rings. The molecule has 2 aliphatic carbocycles. The number of hydrogen-bond donors (Lipinski definition) is 1. The maximum Gasteiger partial charge on any atom is 0.263 e. The average Bonchev–Trinajstić information content (AvgIpc) is 3.15. The van der Waals surface area contributed by atoms with E-state index in [1.54, 1.807) is 5.51 Å². The highest BCUT2D eigenvalue weighted by Gasteiger charge is 2.43. The first-order valence-electron chi connectivity index (χ1n) is 8.68. The fraction of sp³-hybridized carbons (Fsp3) is 0.765. The molecule has 0 unspecified atom stereocenters. The van der Waals surface area contributed by atoms with Crippen LogP contribution in [0.4, 0.5) is 0 Å². The number of nitrogens with zero attached hydrogens (tertiary/aromatic N) is 1. The molecule has 5 nitrogen and oxygen atoms in total. The first-order valence-corrected chi connectivity index (χ1v) is 9.56. The van der Waals surface area contributed by atoms with Gasteiger partial charge in [-0.2, -0.15) is 0 Å². The number of thiazole rings is 1. The second-order valence-electron chi connectivity index (χ2n) is 7.20. The van der Waals surface area contributed by atoms with Gasteiger partial charge in [-0.3, -0.25) is 4.79 Å². The molecule has 1 amide bonds. The molecule has 2 saturated carbocycles. The molecule has 1 N–H and O–H groups in total. The van der Waals surface area contributed by atoms with Gasteiger partial charge in [0.1, 0.15) is 11.0 Å².